The van der Waals surface area contributed by atoms with Crippen LogP contribution in [0.4, 0.5) is 21.0 Å². The molecule has 0 bridgehead atoms. The lowest BCUT2D eigenvalue weighted by molar-refractivity contribution is -0.110. The van der Waals surface area contributed by atoms with Crippen molar-refractivity contribution in [2.45, 2.75) is 0 Å². The molecular weight excluding hydrogens is 334 g/mol. The molecule has 5 amide bonds. The summed E-state index contributed by atoms with van der Waals surface area (Å²) < 4.78 is 0. The summed E-state index contributed by atoms with van der Waals surface area (Å²) in [6.07, 6.45) is 3.56. The fraction of sp³-hybridized carbons (Fsp3) is 0.167. The summed E-state index contributed by atoms with van der Waals surface area (Å²) in [5.41, 5.74) is 3.28. The lowest BCUT2D eigenvalue weighted by atomic mass is 10.1. The van der Waals surface area contributed by atoms with Gasteiger partial charge in [-0.15, -0.1) is 0 Å². The normalized spacial score (nSPS) is 17.7. The van der Waals surface area contributed by atoms with Crippen molar-refractivity contribution in [3.8, 4) is 0 Å². The number of aromatic nitrogens is 1. The number of hydrogen-bond donors (Lipinski definition) is 3. The zero-order valence-electron chi connectivity index (χ0n) is 14.1. The van der Waals surface area contributed by atoms with Gasteiger partial charge in [0.1, 0.15) is 0 Å². The third-order valence-corrected chi connectivity index (χ3v) is 4.44. The molecule has 26 heavy (non-hydrogen) atoms. The molecule has 1 aromatic heterocycles. The molecule has 1 fully saturated rings. The Morgan fingerprint density at radius 3 is 2.77 bits per heavy atom. The van der Waals surface area contributed by atoms with Crippen LogP contribution < -0.4 is 10.6 Å². The van der Waals surface area contributed by atoms with Crippen LogP contribution in [0, 0.1) is 0 Å². The minimum Gasteiger partial charge on any atom is -0.362 e. The highest BCUT2D eigenvalue weighted by Crippen LogP contribution is 2.35. The van der Waals surface area contributed by atoms with Crippen molar-refractivity contribution in [1.82, 2.24) is 14.8 Å². The first-order valence-corrected chi connectivity index (χ1v) is 8.17. The second-order valence-electron chi connectivity index (χ2n) is 6.18. The van der Waals surface area contributed by atoms with Crippen LogP contribution in [0.5, 0.6) is 0 Å². The Balaban J connectivity index is 1.55. The standard InChI is InChI=1S/C18H17N5O3/c1-22-7-8-23(18(22)26)17(25)20-12-4-5-13-14(9-11-3-2-6-19-11)16(24)21-15(13)10-12/h2-6,9-10,19H,7-8H2,1H3,(H,20,25)(H,21,24)/b14-9-. The maximum Gasteiger partial charge on any atom is 0.330 e. The summed E-state index contributed by atoms with van der Waals surface area (Å²) in [7, 11) is 1.65. The van der Waals surface area contributed by atoms with Crippen LogP contribution in [0.25, 0.3) is 11.6 Å². The highest BCUT2D eigenvalue weighted by Gasteiger charge is 2.31. The molecule has 0 atom stereocenters. The van der Waals surface area contributed by atoms with E-state index >= 15 is 0 Å². The van der Waals surface area contributed by atoms with Crippen LogP contribution in [0.2, 0.25) is 0 Å². The van der Waals surface area contributed by atoms with Crippen LogP contribution in [0.15, 0.2) is 36.5 Å². The topological polar surface area (TPSA) is 97.5 Å². The van der Waals surface area contributed by atoms with Gasteiger partial charge in [-0.1, -0.05) is 6.07 Å². The van der Waals surface area contributed by atoms with Crippen molar-refractivity contribution in [2.24, 2.45) is 0 Å². The fourth-order valence-electron chi connectivity index (χ4n) is 3.03. The number of carbonyl (C=O) groups is 3. The summed E-state index contributed by atoms with van der Waals surface area (Å²) in [6, 6.07) is 8.09. The zero-order chi connectivity index (χ0) is 18.3. The maximum absolute atomic E-state index is 12.3. The molecule has 0 unspecified atom stereocenters. The van der Waals surface area contributed by atoms with Crippen molar-refractivity contribution >= 4 is 41.0 Å². The first-order valence-electron chi connectivity index (χ1n) is 8.17. The Bertz CT molecular complexity index is 932. The highest BCUT2D eigenvalue weighted by molar-refractivity contribution is 6.35. The van der Waals surface area contributed by atoms with Gasteiger partial charge in [-0.2, -0.15) is 0 Å². The number of fused-ring (bicyclic) bond motifs is 1. The average Bonchev–Trinajstić information content (AvgIpc) is 3.30. The van der Waals surface area contributed by atoms with Gasteiger partial charge < -0.3 is 20.5 Å². The van der Waals surface area contributed by atoms with Gasteiger partial charge in [-0.3, -0.25) is 4.79 Å². The molecule has 4 rings (SSSR count). The molecule has 2 aliphatic rings. The lowest BCUT2D eigenvalue weighted by Crippen LogP contribution is -2.37. The fourth-order valence-corrected chi connectivity index (χ4v) is 3.03. The number of nitrogens with one attached hydrogen (secondary N) is 3. The number of likely N-dealkylation sites (N-methyl/N-ethyl adjacent to an activating group) is 1. The molecule has 2 aromatic rings. The molecule has 3 N–H and O–H groups in total. The van der Waals surface area contributed by atoms with Crippen molar-refractivity contribution in [3.63, 3.8) is 0 Å². The number of urea groups is 2. The smallest absolute Gasteiger partial charge is 0.330 e. The number of carbonyl (C=O) groups excluding carboxylic acids is 3. The van der Waals surface area contributed by atoms with Gasteiger partial charge in [0.05, 0.1) is 11.3 Å². The Morgan fingerprint density at radius 2 is 2.08 bits per heavy atom. The molecule has 0 saturated carbocycles. The molecule has 0 radical (unpaired) electrons. The van der Waals surface area contributed by atoms with Crippen molar-refractivity contribution in [3.05, 3.63) is 47.8 Å². The number of aromatic amines is 1. The van der Waals surface area contributed by atoms with Gasteiger partial charge in [0.25, 0.3) is 5.91 Å². The number of H-pyrrole nitrogens is 1. The van der Waals surface area contributed by atoms with Crippen LogP contribution in [-0.4, -0.2) is 52.9 Å². The van der Waals surface area contributed by atoms with E-state index in [-0.39, 0.29) is 11.9 Å². The number of hydrogen-bond acceptors (Lipinski definition) is 3. The Labute approximate surface area is 149 Å². The second-order valence-corrected chi connectivity index (χ2v) is 6.18. The summed E-state index contributed by atoms with van der Waals surface area (Å²) >= 11 is 0. The SMILES string of the molecule is CN1CCN(C(=O)Nc2ccc3c(c2)NC(=O)/C3=C\c2ccc[nH]2)C1=O. The van der Waals surface area contributed by atoms with Crippen molar-refractivity contribution in [1.29, 1.82) is 0 Å². The summed E-state index contributed by atoms with van der Waals surface area (Å²) in [5, 5.41) is 5.50. The van der Waals surface area contributed by atoms with E-state index in [1.165, 1.54) is 4.90 Å². The zero-order valence-corrected chi connectivity index (χ0v) is 14.1. The van der Waals surface area contributed by atoms with Gasteiger partial charge in [0, 0.05) is 43.3 Å². The number of anilines is 2. The first kappa shape index (κ1) is 15.9. The van der Waals surface area contributed by atoms with Gasteiger partial charge in [0.2, 0.25) is 0 Å². The van der Waals surface area contributed by atoms with Crippen LogP contribution >= 0.6 is 0 Å². The summed E-state index contributed by atoms with van der Waals surface area (Å²) in [6.45, 7) is 0.866. The van der Waals surface area contributed by atoms with E-state index in [0.717, 1.165) is 16.2 Å². The number of imide groups is 1. The minimum atomic E-state index is -0.481. The molecule has 8 heteroatoms. The van der Waals surface area contributed by atoms with Crippen LogP contribution in [0.1, 0.15) is 11.3 Å². The van der Waals surface area contributed by atoms with E-state index < -0.39 is 6.03 Å². The number of rotatable bonds is 2. The number of benzene rings is 1. The van der Waals surface area contributed by atoms with Crippen LogP contribution in [-0.2, 0) is 4.79 Å². The van der Waals surface area contributed by atoms with Gasteiger partial charge in [-0.05, 0) is 30.3 Å². The number of amides is 5. The molecule has 1 saturated heterocycles. The van der Waals surface area contributed by atoms with Gasteiger partial charge in [0.15, 0.2) is 0 Å². The maximum atomic E-state index is 12.3. The van der Waals surface area contributed by atoms with E-state index in [0.29, 0.717) is 30.0 Å². The van der Waals surface area contributed by atoms with Gasteiger partial charge in [-0.25, -0.2) is 14.5 Å². The predicted octanol–water partition coefficient (Wildman–Crippen LogP) is 2.41. The monoisotopic (exact) mass is 351 g/mol. The summed E-state index contributed by atoms with van der Waals surface area (Å²) in [4.78, 5) is 42.1. The third kappa shape index (κ3) is 2.71. The predicted molar refractivity (Wildman–Crippen MR) is 97.5 cm³/mol. The van der Waals surface area contributed by atoms with Crippen molar-refractivity contribution < 1.29 is 14.4 Å². The highest BCUT2D eigenvalue weighted by atomic mass is 16.2. The molecule has 8 nitrogen and oxygen atoms in total. The molecule has 3 heterocycles. The molecular formula is C18H17N5O3. The number of nitrogens with zero attached hydrogens (tertiary/aromatic N) is 2. The molecule has 1 aromatic carbocycles. The molecule has 0 spiro atoms. The molecule has 132 valence electrons. The minimum absolute atomic E-state index is 0.200. The molecule has 2 aliphatic heterocycles. The Kier molecular flexibility index (Phi) is 3.72. The van der Waals surface area contributed by atoms with E-state index in [2.05, 4.69) is 15.6 Å². The molecule has 0 aliphatic carbocycles. The van der Waals surface area contributed by atoms with Crippen molar-refractivity contribution in [2.75, 3.05) is 30.8 Å². The Morgan fingerprint density at radius 1 is 1.23 bits per heavy atom. The summed E-state index contributed by atoms with van der Waals surface area (Å²) in [5.74, 6) is -0.200. The van der Waals surface area contributed by atoms with E-state index in [1.807, 2.05) is 12.1 Å². The second kappa shape index (κ2) is 6.07. The van der Waals surface area contributed by atoms with E-state index in [4.69, 9.17) is 0 Å². The largest absolute Gasteiger partial charge is 0.362 e. The van der Waals surface area contributed by atoms with E-state index in [9.17, 15) is 14.4 Å². The van der Waals surface area contributed by atoms with Gasteiger partial charge >= 0.3 is 12.1 Å². The lowest BCUT2D eigenvalue weighted by Gasteiger charge is -2.15. The quantitative estimate of drug-likeness (QED) is 0.725. The third-order valence-electron chi connectivity index (χ3n) is 4.44. The van der Waals surface area contributed by atoms with E-state index in [1.54, 1.807) is 37.5 Å². The first-order chi connectivity index (χ1) is 12.5. The average molecular weight is 351 g/mol. The Hall–Kier alpha value is -3.55. The van der Waals surface area contributed by atoms with Crippen LogP contribution in [0.3, 0.4) is 0 Å².